The smallest absolute Gasteiger partial charge is 0.233 e. The van der Waals surface area contributed by atoms with Gasteiger partial charge in [-0.1, -0.05) is 43.4 Å². The van der Waals surface area contributed by atoms with Crippen LogP contribution in [0.1, 0.15) is 38.8 Å². The third-order valence-corrected chi connectivity index (χ3v) is 9.59. The molecular weight excluding hydrogens is 518 g/mol. The van der Waals surface area contributed by atoms with Gasteiger partial charge in [-0.25, -0.2) is 13.4 Å². The summed E-state index contributed by atoms with van der Waals surface area (Å²) in [5.41, 5.74) is 2.61. The van der Waals surface area contributed by atoms with E-state index in [0.717, 1.165) is 41.0 Å². The van der Waals surface area contributed by atoms with E-state index in [4.69, 9.17) is 9.72 Å². The van der Waals surface area contributed by atoms with E-state index in [-0.39, 0.29) is 29.6 Å². The highest BCUT2D eigenvalue weighted by molar-refractivity contribution is 7.92. The third kappa shape index (κ3) is 6.56. The first-order chi connectivity index (χ1) is 16.6. The van der Waals surface area contributed by atoms with Gasteiger partial charge in [0.15, 0.2) is 15.0 Å². The van der Waals surface area contributed by atoms with Crippen LogP contribution in [0.3, 0.4) is 0 Å². The van der Waals surface area contributed by atoms with E-state index in [0.29, 0.717) is 17.4 Å². The maximum absolute atomic E-state index is 13.5. The Hall–Kier alpha value is -2.20. The average Bonchev–Trinajstić information content (AvgIpc) is 3.28. The van der Waals surface area contributed by atoms with Gasteiger partial charge in [0.1, 0.15) is 11.3 Å². The number of aromatic nitrogens is 1. The van der Waals surface area contributed by atoms with Crippen LogP contribution >= 0.6 is 23.7 Å². The Labute approximate surface area is 224 Å². The van der Waals surface area contributed by atoms with Gasteiger partial charge >= 0.3 is 0 Å². The van der Waals surface area contributed by atoms with Gasteiger partial charge in [-0.2, -0.15) is 0 Å². The fourth-order valence-electron chi connectivity index (χ4n) is 3.83. The number of methoxy groups -OCH3 is 1. The van der Waals surface area contributed by atoms with Crippen molar-refractivity contribution >= 4 is 54.8 Å². The Morgan fingerprint density at radius 3 is 2.25 bits per heavy atom. The first-order valence-electron chi connectivity index (χ1n) is 11.9. The van der Waals surface area contributed by atoms with Gasteiger partial charge in [0.05, 0.1) is 28.4 Å². The van der Waals surface area contributed by atoms with E-state index in [2.05, 4.69) is 18.7 Å². The molecule has 1 heterocycles. The number of hydrogen-bond acceptors (Lipinski definition) is 7. The number of ether oxygens (including phenoxy) is 1. The SMILES string of the molecule is CCN(CC)CCN(C(=O)Cc1ccc(S(=O)(=O)C(C)C)cc1)c1nc2c(OC)ccc(C)c2s1.Cl. The summed E-state index contributed by atoms with van der Waals surface area (Å²) in [5.74, 6) is 0.610. The molecule has 1 aromatic heterocycles. The zero-order chi connectivity index (χ0) is 25.8. The molecule has 198 valence electrons. The fourth-order valence-corrected chi connectivity index (χ4v) is 5.98. The summed E-state index contributed by atoms with van der Waals surface area (Å²) in [5, 5.41) is 0.147. The highest BCUT2D eigenvalue weighted by Crippen LogP contribution is 2.36. The lowest BCUT2D eigenvalue weighted by atomic mass is 10.1. The molecule has 0 radical (unpaired) electrons. The van der Waals surface area contributed by atoms with Crippen LogP contribution in [0.2, 0.25) is 0 Å². The summed E-state index contributed by atoms with van der Waals surface area (Å²) >= 11 is 1.49. The normalized spacial score (nSPS) is 11.7. The number of thiazole rings is 1. The summed E-state index contributed by atoms with van der Waals surface area (Å²) in [6, 6.07) is 10.5. The second kappa shape index (κ2) is 12.9. The van der Waals surface area contributed by atoms with Crippen molar-refractivity contribution in [2.24, 2.45) is 0 Å². The quantitative estimate of drug-likeness (QED) is 0.327. The Morgan fingerprint density at radius 2 is 1.69 bits per heavy atom. The predicted octanol–water partition coefficient (Wildman–Crippen LogP) is 5.13. The molecule has 36 heavy (non-hydrogen) atoms. The topological polar surface area (TPSA) is 79.8 Å². The van der Waals surface area contributed by atoms with E-state index in [1.807, 2.05) is 19.1 Å². The number of nitrogens with zero attached hydrogens (tertiary/aromatic N) is 3. The number of anilines is 1. The van der Waals surface area contributed by atoms with E-state index in [1.54, 1.807) is 50.1 Å². The molecular formula is C26H36ClN3O4S2. The molecule has 3 rings (SSSR count). The van der Waals surface area contributed by atoms with Crippen molar-refractivity contribution in [2.75, 3.05) is 38.2 Å². The van der Waals surface area contributed by atoms with Gasteiger partial charge < -0.3 is 9.64 Å². The number of amides is 1. The first kappa shape index (κ1) is 30.0. The second-order valence-electron chi connectivity index (χ2n) is 8.75. The molecule has 0 spiro atoms. The number of likely N-dealkylation sites (N-methyl/N-ethyl adjacent to an activating group) is 1. The van der Waals surface area contributed by atoms with Crippen molar-refractivity contribution in [3.8, 4) is 5.75 Å². The number of carbonyl (C=O) groups is 1. The van der Waals surface area contributed by atoms with E-state index in [9.17, 15) is 13.2 Å². The van der Waals surface area contributed by atoms with Gasteiger partial charge in [-0.3, -0.25) is 9.69 Å². The van der Waals surface area contributed by atoms with Crippen LogP contribution in [0.15, 0.2) is 41.3 Å². The van der Waals surface area contributed by atoms with Crippen LogP contribution in [-0.4, -0.2) is 62.7 Å². The lowest BCUT2D eigenvalue weighted by Gasteiger charge is -2.24. The van der Waals surface area contributed by atoms with Crippen LogP contribution in [0, 0.1) is 6.92 Å². The number of carbonyl (C=O) groups excluding carboxylic acids is 1. The van der Waals surface area contributed by atoms with E-state index < -0.39 is 15.1 Å². The first-order valence-corrected chi connectivity index (χ1v) is 14.3. The van der Waals surface area contributed by atoms with Crippen LogP contribution in [0.25, 0.3) is 10.2 Å². The van der Waals surface area contributed by atoms with Crippen LogP contribution in [-0.2, 0) is 21.1 Å². The number of fused-ring (bicyclic) bond motifs is 1. The standard InChI is InChI=1S/C26H35N3O4S2.ClH/c1-7-28(8-2)15-16-29(26-27-24-22(33-6)14-9-19(5)25(24)34-26)23(30)17-20-10-12-21(13-11-20)35(31,32)18(3)4;/h9-14,18H,7-8,15-17H2,1-6H3;1H. The molecule has 0 aliphatic heterocycles. The molecule has 0 aliphatic rings. The molecule has 10 heteroatoms. The fraction of sp³-hybridized carbons (Fsp3) is 0.462. The second-order valence-corrected chi connectivity index (χ2v) is 12.2. The Kier molecular flexibility index (Phi) is 10.7. The highest BCUT2D eigenvalue weighted by Gasteiger charge is 2.23. The molecule has 0 N–H and O–H groups in total. The number of benzene rings is 2. The summed E-state index contributed by atoms with van der Waals surface area (Å²) < 4.78 is 31.4. The maximum atomic E-state index is 13.5. The van der Waals surface area contributed by atoms with Gasteiger partial charge in [-0.05, 0) is 63.2 Å². The summed E-state index contributed by atoms with van der Waals surface area (Å²) in [6.07, 6.45) is 0.159. The lowest BCUT2D eigenvalue weighted by Crippen LogP contribution is -2.39. The van der Waals surface area contributed by atoms with Crippen LogP contribution in [0.4, 0.5) is 5.13 Å². The molecule has 0 fully saturated rings. The van der Waals surface area contributed by atoms with Gasteiger partial charge in [0.25, 0.3) is 0 Å². The highest BCUT2D eigenvalue weighted by atomic mass is 35.5. The molecule has 1 amide bonds. The minimum absolute atomic E-state index is 0. The molecule has 0 saturated carbocycles. The molecule has 0 atom stereocenters. The Balaban J connectivity index is 0.00000456. The summed E-state index contributed by atoms with van der Waals surface area (Å²) in [4.78, 5) is 22.6. The van der Waals surface area contributed by atoms with Crippen molar-refractivity contribution in [1.82, 2.24) is 9.88 Å². The monoisotopic (exact) mass is 553 g/mol. The molecule has 0 unspecified atom stereocenters. The number of sulfone groups is 1. The van der Waals surface area contributed by atoms with Crippen molar-refractivity contribution in [3.63, 3.8) is 0 Å². The Morgan fingerprint density at radius 1 is 1.06 bits per heavy atom. The molecule has 2 aromatic carbocycles. The number of halogens is 1. The van der Waals surface area contributed by atoms with E-state index >= 15 is 0 Å². The maximum Gasteiger partial charge on any atom is 0.233 e. The summed E-state index contributed by atoms with van der Waals surface area (Å²) in [7, 11) is -1.73. The van der Waals surface area contributed by atoms with Crippen molar-refractivity contribution < 1.29 is 17.9 Å². The minimum Gasteiger partial charge on any atom is -0.494 e. The largest absolute Gasteiger partial charge is 0.494 e. The van der Waals surface area contributed by atoms with Crippen LogP contribution in [0.5, 0.6) is 5.75 Å². The molecule has 0 aliphatic carbocycles. The molecule has 3 aromatic rings. The number of aryl methyl sites for hydroxylation is 1. The lowest BCUT2D eigenvalue weighted by molar-refractivity contribution is -0.118. The Bertz CT molecular complexity index is 1270. The zero-order valence-electron chi connectivity index (χ0n) is 21.8. The predicted molar refractivity (Wildman–Crippen MR) is 151 cm³/mol. The van der Waals surface area contributed by atoms with Crippen molar-refractivity contribution in [2.45, 2.75) is 51.2 Å². The van der Waals surface area contributed by atoms with E-state index in [1.165, 1.54) is 11.3 Å². The summed E-state index contributed by atoms with van der Waals surface area (Å²) in [6.45, 7) is 12.6. The third-order valence-electron chi connectivity index (χ3n) is 6.21. The van der Waals surface area contributed by atoms with Crippen LogP contribution < -0.4 is 9.64 Å². The van der Waals surface area contributed by atoms with Gasteiger partial charge in [0.2, 0.25) is 5.91 Å². The molecule has 7 nitrogen and oxygen atoms in total. The zero-order valence-corrected chi connectivity index (χ0v) is 24.2. The van der Waals surface area contributed by atoms with Gasteiger partial charge in [-0.15, -0.1) is 12.4 Å². The number of hydrogen-bond donors (Lipinski definition) is 0. The minimum atomic E-state index is -3.35. The average molecular weight is 554 g/mol. The van der Waals surface area contributed by atoms with Gasteiger partial charge in [0, 0.05) is 13.1 Å². The van der Waals surface area contributed by atoms with Crippen molar-refractivity contribution in [1.29, 1.82) is 0 Å². The molecule has 0 bridgehead atoms. The number of rotatable bonds is 11. The molecule has 0 saturated heterocycles. The van der Waals surface area contributed by atoms with Crippen molar-refractivity contribution in [3.05, 3.63) is 47.5 Å².